The molecule has 0 spiro atoms. The zero-order valence-electron chi connectivity index (χ0n) is 10.3. The van der Waals surface area contributed by atoms with E-state index in [1.54, 1.807) is 0 Å². The molecule has 0 unspecified atom stereocenters. The van der Waals surface area contributed by atoms with Gasteiger partial charge in [0.1, 0.15) is 0 Å². The Labute approximate surface area is 125 Å². The summed E-state index contributed by atoms with van der Waals surface area (Å²) in [5.74, 6) is 0.0424. The van der Waals surface area contributed by atoms with Crippen molar-refractivity contribution >= 4 is 39.9 Å². The molecule has 0 fully saturated rings. The van der Waals surface area contributed by atoms with Crippen molar-refractivity contribution in [3.8, 4) is 0 Å². The summed E-state index contributed by atoms with van der Waals surface area (Å²) >= 11 is 2.23. The fraction of sp³-hybridized carbons (Fsp3) is 0.133. The van der Waals surface area contributed by atoms with E-state index in [4.69, 9.17) is 5.73 Å². The highest BCUT2D eigenvalue weighted by Crippen LogP contribution is 2.31. The SMILES string of the molecule is Nc1ccc2c(c1)N(C(=O)c1ccc(I)cc1)CC2. The van der Waals surface area contributed by atoms with E-state index in [1.807, 2.05) is 47.4 Å². The zero-order valence-corrected chi connectivity index (χ0v) is 12.4. The molecule has 96 valence electrons. The van der Waals surface area contributed by atoms with Crippen molar-refractivity contribution < 1.29 is 4.79 Å². The molecule has 1 heterocycles. The molecule has 2 aromatic rings. The molecule has 1 aliphatic heterocycles. The van der Waals surface area contributed by atoms with Gasteiger partial charge in [-0.1, -0.05) is 6.07 Å². The first-order valence-corrected chi connectivity index (χ1v) is 7.19. The fourth-order valence-electron chi connectivity index (χ4n) is 2.36. The lowest BCUT2D eigenvalue weighted by Gasteiger charge is -2.17. The molecule has 0 saturated heterocycles. The second-order valence-corrected chi connectivity index (χ2v) is 5.85. The third kappa shape index (κ3) is 2.32. The summed E-state index contributed by atoms with van der Waals surface area (Å²) in [6.07, 6.45) is 0.895. The lowest BCUT2D eigenvalue weighted by molar-refractivity contribution is 0.0989. The first kappa shape index (κ1) is 12.5. The molecule has 4 heteroatoms. The van der Waals surface area contributed by atoms with Crippen molar-refractivity contribution in [1.82, 2.24) is 0 Å². The smallest absolute Gasteiger partial charge is 0.258 e. The lowest BCUT2D eigenvalue weighted by atomic mass is 10.1. The number of carbonyl (C=O) groups excluding carboxylic acids is 1. The van der Waals surface area contributed by atoms with Crippen molar-refractivity contribution in [1.29, 1.82) is 0 Å². The van der Waals surface area contributed by atoms with Gasteiger partial charge >= 0.3 is 0 Å². The Balaban J connectivity index is 1.95. The number of carbonyl (C=O) groups is 1. The van der Waals surface area contributed by atoms with Crippen LogP contribution in [0.15, 0.2) is 42.5 Å². The molecule has 2 N–H and O–H groups in total. The topological polar surface area (TPSA) is 46.3 Å². The number of rotatable bonds is 1. The molecule has 3 rings (SSSR count). The number of anilines is 2. The molecule has 19 heavy (non-hydrogen) atoms. The van der Waals surface area contributed by atoms with Crippen LogP contribution in [0.4, 0.5) is 11.4 Å². The summed E-state index contributed by atoms with van der Waals surface area (Å²) in [6.45, 7) is 0.726. The lowest BCUT2D eigenvalue weighted by Crippen LogP contribution is -2.28. The minimum atomic E-state index is 0.0424. The van der Waals surface area contributed by atoms with Gasteiger partial charge in [0, 0.05) is 27.1 Å². The molecular weight excluding hydrogens is 351 g/mol. The number of hydrogen-bond acceptors (Lipinski definition) is 2. The molecule has 0 aliphatic carbocycles. The number of nitrogens with two attached hydrogens (primary N) is 1. The van der Waals surface area contributed by atoms with E-state index in [0.717, 1.165) is 27.8 Å². The average Bonchev–Trinajstić information content (AvgIpc) is 2.81. The minimum absolute atomic E-state index is 0.0424. The van der Waals surface area contributed by atoms with Crippen molar-refractivity contribution in [2.75, 3.05) is 17.2 Å². The third-order valence-corrected chi connectivity index (χ3v) is 4.06. The van der Waals surface area contributed by atoms with Crippen LogP contribution < -0.4 is 10.6 Å². The second kappa shape index (κ2) is 4.85. The van der Waals surface area contributed by atoms with Gasteiger partial charge in [-0.05, 0) is 71.0 Å². The van der Waals surface area contributed by atoms with Crippen LogP contribution in [0.2, 0.25) is 0 Å². The van der Waals surface area contributed by atoms with Gasteiger partial charge in [-0.25, -0.2) is 0 Å². The van der Waals surface area contributed by atoms with E-state index in [0.29, 0.717) is 5.69 Å². The van der Waals surface area contributed by atoms with Gasteiger partial charge in [-0.15, -0.1) is 0 Å². The van der Waals surface area contributed by atoms with Gasteiger partial charge in [-0.3, -0.25) is 4.79 Å². The average molecular weight is 364 g/mol. The normalized spacial score (nSPS) is 13.4. The van der Waals surface area contributed by atoms with Gasteiger partial charge in [0.2, 0.25) is 0 Å². The van der Waals surface area contributed by atoms with E-state index >= 15 is 0 Å². The van der Waals surface area contributed by atoms with Crippen molar-refractivity contribution in [2.45, 2.75) is 6.42 Å². The van der Waals surface area contributed by atoms with E-state index < -0.39 is 0 Å². The van der Waals surface area contributed by atoms with Gasteiger partial charge in [0.15, 0.2) is 0 Å². The van der Waals surface area contributed by atoms with Crippen LogP contribution in [0, 0.1) is 3.57 Å². The Morgan fingerprint density at radius 2 is 1.89 bits per heavy atom. The van der Waals surface area contributed by atoms with Crippen LogP contribution in [0.1, 0.15) is 15.9 Å². The molecule has 1 amide bonds. The Morgan fingerprint density at radius 3 is 2.63 bits per heavy atom. The van der Waals surface area contributed by atoms with Crippen LogP contribution in [-0.4, -0.2) is 12.5 Å². The van der Waals surface area contributed by atoms with Crippen LogP contribution in [0.25, 0.3) is 0 Å². The first-order chi connectivity index (χ1) is 9.15. The fourth-order valence-corrected chi connectivity index (χ4v) is 2.72. The maximum Gasteiger partial charge on any atom is 0.258 e. The second-order valence-electron chi connectivity index (χ2n) is 4.60. The number of hydrogen-bond donors (Lipinski definition) is 1. The van der Waals surface area contributed by atoms with Crippen molar-refractivity contribution in [3.63, 3.8) is 0 Å². The van der Waals surface area contributed by atoms with E-state index in [1.165, 1.54) is 5.56 Å². The molecule has 3 nitrogen and oxygen atoms in total. The van der Waals surface area contributed by atoms with Crippen LogP contribution in [0.5, 0.6) is 0 Å². The molecule has 0 radical (unpaired) electrons. The molecule has 0 atom stereocenters. The summed E-state index contributed by atoms with van der Waals surface area (Å²) in [5.41, 5.74) is 9.36. The van der Waals surface area contributed by atoms with E-state index in [9.17, 15) is 4.79 Å². The number of nitrogens with zero attached hydrogens (tertiary/aromatic N) is 1. The highest BCUT2D eigenvalue weighted by molar-refractivity contribution is 14.1. The third-order valence-electron chi connectivity index (χ3n) is 3.34. The van der Waals surface area contributed by atoms with Gasteiger partial charge in [0.05, 0.1) is 0 Å². The Hall–Kier alpha value is -1.56. The Kier molecular flexibility index (Phi) is 3.18. The summed E-state index contributed by atoms with van der Waals surface area (Å²) in [5, 5.41) is 0. The molecule has 2 aromatic carbocycles. The van der Waals surface area contributed by atoms with Crippen molar-refractivity contribution in [2.24, 2.45) is 0 Å². The van der Waals surface area contributed by atoms with E-state index in [2.05, 4.69) is 22.6 Å². The molecule has 1 aliphatic rings. The van der Waals surface area contributed by atoms with Gasteiger partial charge in [-0.2, -0.15) is 0 Å². The largest absolute Gasteiger partial charge is 0.399 e. The van der Waals surface area contributed by atoms with Gasteiger partial charge < -0.3 is 10.6 Å². The Bertz CT molecular complexity index is 637. The van der Waals surface area contributed by atoms with Crippen molar-refractivity contribution in [3.05, 3.63) is 57.2 Å². The molecular formula is C15H13IN2O. The molecule has 0 saturated carbocycles. The number of fused-ring (bicyclic) bond motifs is 1. The number of benzene rings is 2. The maximum absolute atomic E-state index is 12.5. The van der Waals surface area contributed by atoms with Crippen LogP contribution >= 0.6 is 22.6 Å². The number of halogens is 1. The van der Waals surface area contributed by atoms with Crippen LogP contribution in [-0.2, 0) is 6.42 Å². The predicted octanol–water partition coefficient (Wildman–Crippen LogP) is 3.08. The highest BCUT2D eigenvalue weighted by Gasteiger charge is 2.25. The summed E-state index contributed by atoms with van der Waals surface area (Å²) in [6, 6.07) is 13.4. The number of amides is 1. The zero-order chi connectivity index (χ0) is 13.4. The number of nitrogen functional groups attached to an aromatic ring is 1. The monoisotopic (exact) mass is 364 g/mol. The van der Waals surface area contributed by atoms with Gasteiger partial charge in [0.25, 0.3) is 5.91 Å². The summed E-state index contributed by atoms with van der Waals surface area (Å²) in [7, 11) is 0. The summed E-state index contributed by atoms with van der Waals surface area (Å²) < 4.78 is 1.13. The standard InChI is InChI=1S/C15H13IN2O/c16-12-4-1-11(2-5-12)15(19)18-8-7-10-3-6-13(17)9-14(10)18/h1-6,9H,7-8,17H2. The minimum Gasteiger partial charge on any atom is -0.399 e. The van der Waals surface area contributed by atoms with E-state index in [-0.39, 0.29) is 5.91 Å². The quantitative estimate of drug-likeness (QED) is 0.625. The van der Waals surface area contributed by atoms with Crippen LogP contribution in [0.3, 0.4) is 0 Å². The highest BCUT2D eigenvalue weighted by atomic mass is 127. The predicted molar refractivity (Wildman–Crippen MR) is 85.4 cm³/mol. The molecule has 0 aromatic heterocycles. The maximum atomic E-state index is 12.5. The summed E-state index contributed by atoms with van der Waals surface area (Å²) in [4.78, 5) is 14.3. The molecule has 0 bridgehead atoms. The Morgan fingerprint density at radius 1 is 1.16 bits per heavy atom. The first-order valence-electron chi connectivity index (χ1n) is 6.11.